The van der Waals surface area contributed by atoms with E-state index in [1.807, 2.05) is 56.3 Å². The molecule has 0 aliphatic rings. The van der Waals surface area contributed by atoms with E-state index in [9.17, 15) is 4.79 Å². The Hall–Kier alpha value is -4.07. The number of nitrogens with zero attached hydrogens (tertiary/aromatic N) is 5. The Labute approximate surface area is 179 Å². The zero-order valence-corrected chi connectivity index (χ0v) is 17.7. The van der Waals surface area contributed by atoms with Crippen LogP contribution < -0.4 is 10.9 Å². The van der Waals surface area contributed by atoms with E-state index in [0.29, 0.717) is 34.1 Å². The lowest BCUT2D eigenvalue weighted by atomic mass is 10.1. The summed E-state index contributed by atoms with van der Waals surface area (Å²) < 4.78 is 1.67. The largest absolute Gasteiger partial charge is 0.361 e. The van der Waals surface area contributed by atoms with Gasteiger partial charge in [-0.1, -0.05) is 30.3 Å². The minimum atomic E-state index is -0.0996. The molecule has 31 heavy (non-hydrogen) atoms. The van der Waals surface area contributed by atoms with Gasteiger partial charge >= 0.3 is 0 Å². The van der Waals surface area contributed by atoms with E-state index in [2.05, 4.69) is 32.0 Å². The van der Waals surface area contributed by atoms with E-state index in [-0.39, 0.29) is 12.1 Å². The molecule has 0 bridgehead atoms. The fourth-order valence-electron chi connectivity index (χ4n) is 3.64. The molecular weight excluding hydrogens is 390 g/mol. The normalized spacial score (nSPS) is 11.6. The number of hydrogen-bond donors (Lipinski definition) is 2. The molecule has 0 amide bonds. The Morgan fingerprint density at radius 1 is 1.16 bits per heavy atom. The molecular formula is C23H23N7O. The van der Waals surface area contributed by atoms with Crippen molar-refractivity contribution >= 4 is 29.3 Å². The van der Waals surface area contributed by atoms with Crippen LogP contribution in [0.1, 0.15) is 22.6 Å². The Balaban J connectivity index is 1.85. The van der Waals surface area contributed by atoms with Crippen LogP contribution in [0.15, 0.2) is 63.6 Å². The highest BCUT2D eigenvalue weighted by molar-refractivity contribution is 6.00. The van der Waals surface area contributed by atoms with Gasteiger partial charge in [0.25, 0.3) is 5.56 Å². The number of aryl methyl sites for hydroxylation is 2. The third-order valence-electron chi connectivity index (χ3n) is 5.17. The maximum Gasteiger partial charge on any atom is 0.266 e. The second kappa shape index (κ2) is 8.35. The number of rotatable bonds is 5. The first-order valence-corrected chi connectivity index (χ1v) is 9.83. The summed E-state index contributed by atoms with van der Waals surface area (Å²) in [7, 11) is 1.66. The number of imidazole rings is 1. The van der Waals surface area contributed by atoms with E-state index < -0.39 is 0 Å². The molecule has 0 fully saturated rings. The lowest BCUT2D eigenvalue weighted by molar-refractivity contribution is 0.761. The topological polar surface area (TPSA) is 100 Å². The maximum atomic E-state index is 13.6. The zero-order chi connectivity index (χ0) is 22.0. The van der Waals surface area contributed by atoms with Crippen molar-refractivity contribution in [3.8, 4) is 5.69 Å². The number of amidine groups is 1. The second-order valence-corrected chi connectivity index (χ2v) is 7.11. The van der Waals surface area contributed by atoms with Crippen molar-refractivity contribution in [3.63, 3.8) is 0 Å². The Kier molecular flexibility index (Phi) is 5.44. The van der Waals surface area contributed by atoms with Crippen LogP contribution in [0.5, 0.6) is 0 Å². The van der Waals surface area contributed by atoms with Crippen LogP contribution in [0, 0.1) is 13.8 Å². The summed E-state index contributed by atoms with van der Waals surface area (Å²) in [4.78, 5) is 33.8. The van der Waals surface area contributed by atoms with Crippen molar-refractivity contribution < 1.29 is 0 Å². The van der Waals surface area contributed by atoms with Gasteiger partial charge in [0.1, 0.15) is 11.5 Å². The number of fused-ring (bicyclic) bond motifs is 1. The predicted molar refractivity (Wildman–Crippen MR) is 124 cm³/mol. The monoisotopic (exact) mass is 413 g/mol. The maximum absolute atomic E-state index is 13.6. The van der Waals surface area contributed by atoms with Crippen molar-refractivity contribution in [1.29, 1.82) is 0 Å². The highest BCUT2D eigenvalue weighted by Crippen LogP contribution is 2.19. The summed E-state index contributed by atoms with van der Waals surface area (Å²) in [5.41, 5.74) is 3.79. The van der Waals surface area contributed by atoms with Gasteiger partial charge in [0, 0.05) is 7.05 Å². The van der Waals surface area contributed by atoms with Gasteiger partial charge in [0.05, 0.1) is 29.5 Å². The molecule has 4 aromatic rings. The molecule has 8 heteroatoms. The van der Waals surface area contributed by atoms with Crippen LogP contribution in [0.3, 0.4) is 0 Å². The molecule has 0 saturated heterocycles. The van der Waals surface area contributed by atoms with Gasteiger partial charge in [0.15, 0.2) is 11.7 Å². The van der Waals surface area contributed by atoms with E-state index >= 15 is 0 Å². The minimum Gasteiger partial charge on any atom is -0.361 e. The number of hydrogen-bond acceptors (Lipinski definition) is 5. The average molecular weight is 413 g/mol. The lowest BCUT2D eigenvalue weighted by Crippen LogP contribution is -2.31. The highest BCUT2D eigenvalue weighted by atomic mass is 16.1. The molecule has 2 aromatic heterocycles. The molecule has 0 atom stereocenters. The van der Waals surface area contributed by atoms with Crippen LogP contribution in [-0.2, 0) is 6.54 Å². The molecule has 2 N–H and O–H groups in total. The van der Waals surface area contributed by atoms with Crippen LogP contribution in [0.2, 0.25) is 0 Å². The molecule has 0 saturated carbocycles. The van der Waals surface area contributed by atoms with Gasteiger partial charge in [0.2, 0.25) is 0 Å². The minimum absolute atomic E-state index is 0.0996. The second-order valence-electron chi connectivity index (χ2n) is 7.11. The summed E-state index contributed by atoms with van der Waals surface area (Å²) in [5, 5.41) is 3.87. The highest BCUT2D eigenvalue weighted by Gasteiger charge is 2.17. The van der Waals surface area contributed by atoms with Crippen LogP contribution in [0.4, 0.5) is 5.82 Å². The number of benzene rings is 2. The number of aromatic amines is 1. The first-order valence-electron chi connectivity index (χ1n) is 9.83. The number of aromatic nitrogens is 4. The van der Waals surface area contributed by atoms with Gasteiger partial charge in [-0.3, -0.25) is 14.4 Å². The van der Waals surface area contributed by atoms with E-state index in [1.54, 1.807) is 11.6 Å². The number of para-hydroxylation sites is 1. The van der Waals surface area contributed by atoms with Crippen LogP contribution in [0.25, 0.3) is 16.6 Å². The van der Waals surface area contributed by atoms with E-state index in [4.69, 9.17) is 4.98 Å². The summed E-state index contributed by atoms with van der Waals surface area (Å²) in [6.07, 6.45) is 1.53. The Morgan fingerprint density at radius 3 is 2.68 bits per heavy atom. The van der Waals surface area contributed by atoms with Gasteiger partial charge in [-0.25, -0.2) is 15.0 Å². The van der Waals surface area contributed by atoms with Gasteiger partial charge in [-0.2, -0.15) is 0 Å². The first-order chi connectivity index (χ1) is 15.0. The smallest absolute Gasteiger partial charge is 0.266 e. The lowest BCUT2D eigenvalue weighted by Gasteiger charge is -2.17. The molecule has 0 spiro atoms. The number of H-pyrrole nitrogens is 1. The van der Waals surface area contributed by atoms with Crippen molar-refractivity contribution in [2.24, 2.45) is 9.98 Å². The molecule has 0 radical (unpaired) electrons. The molecule has 8 nitrogen and oxygen atoms in total. The number of nitrogens with one attached hydrogen (secondary N) is 2. The van der Waals surface area contributed by atoms with Crippen LogP contribution >= 0.6 is 0 Å². The SMILES string of the molecule is C=Nc1[nH]cnc1/C(=N\C)NCc1nc2cccc(C)c2c(=O)n1-c1ccccc1C. The summed E-state index contributed by atoms with van der Waals surface area (Å²) in [5.74, 6) is 1.62. The average Bonchev–Trinajstić information content (AvgIpc) is 3.24. The Bertz CT molecular complexity index is 1360. The Morgan fingerprint density at radius 2 is 1.94 bits per heavy atom. The van der Waals surface area contributed by atoms with E-state index in [1.165, 1.54) is 6.33 Å². The summed E-state index contributed by atoms with van der Waals surface area (Å²) in [6.45, 7) is 7.73. The molecule has 156 valence electrons. The van der Waals surface area contributed by atoms with Crippen LogP contribution in [-0.4, -0.2) is 39.1 Å². The fourth-order valence-corrected chi connectivity index (χ4v) is 3.64. The van der Waals surface area contributed by atoms with E-state index in [0.717, 1.165) is 16.8 Å². The van der Waals surface area contributed by atoms with Gasteiger partial charge in [-0.05, 0) is 43.8 Å². The van der Waals surface area contributed by atoms with Gasteiger partial charge < -0.3 is 10.3 Å². The van der Waals surface area contributed by atoms with Crippen molar-refractivity contribution in [2.75, 3.05) is 7.05 Å². The first kappa shape index (κ1) is 20.2. The molecule has 2 aromatic carbocycles. The molecule has 4 rings (SSSR count). The van der Waals surface area contributed by atoms with Crippen molar-refractivity contribution in [1.82, 2.24) is 24.8 Å². The zero-order valence-electron chi connectivity index (χ0n) is 17.7. The van der Waals surface area contributed by atoms with Gasteiger partial charge in [-0.15, -0.1) is 0 Å². The van der Waals surface area contributed by atoms with Crippen molar-refractivity contribution in [2.45, 2.75) is 20.4 Å². The molecule has 0 aliphatic carbocycles. The fraction of sp³-hybridized carbons (Fsp3) is 0.174. The summed E-state index contributed by atoms with van der Waals surface area (Å²) in [6, 6.07) is 13.5. The molecule has 0 aliphatic heterocycles. The standard InChI is InChI=1S/C23H23N7O/c1-14-8-5-6-11-17(14)30-18(29-16-10-7-9-15(2)19(16)23(30)31)12-26-21(24-3)20-22(25-4)28-13-27-20/h5-11,13H,4,12H2,1-3H3,(H,24,26)(H,27,28). The third kappa shape index (κ3) is 3.63. The predicted octanol–water partition coefficient (Wildman–Crippen LogP) is 3.22. The molecule has 2 heterocycles. The van der Waals surface area contributed by atoms with Crippen molar-refractivity contribution in [3.05, 3.63) is 81.8 Å². The quantitative estimate of drug-likeness (QED) is 0.387. The third-order valence-corrected chi connectivity index (χ3v) is 5.17. The summed E-state index contributed by atoms with van der Waals surface area (Å²) >= 11 is 0. The molecule has 0 unspecified atom stereocenters. The number of aliphatic imine (C=N–C) groups is 2.